The molecule has 0 spiro atoms. The van der Waals surface area contributed by atoms with Gasteiger partial charge in [-0.25, -0.2) is 14.4 Å². The summed E-state index contributed by atoms with van der Waals surface area (Å²) in [5, 5.41) is 5.75. The van der Waals surface area contributed by atoms with Crippen LogP contribution in [0.15, 0.2) is 61.1 Å². The molecule has 40 heavy (non-hydrogen) atoms. The molecule has 0 radical (unpaired) electrons. The van der Waals surface area contributed by atoms with Gasteiger partial charge in [0.1, 0.15) is 23.8 Å². The number of hydrogen-bond donors (Lipinski definition) is 2. The van der Waals surface area contributed by atoms with Crippen molar-refractivity contribution in [1.82, 2.24) is 20.3 Å². The van der Waals surface area contributed by atoms with E-state index in [1.54, 1.807) is 32.0 Å². The summed E-state index contributed by atoms with van der Waals surface area (Å²) in [7, 11) is 0. The Morgan fingerprint density at radius 1 is 1.00 bits per heavy atom. The first-order chi connectivity index (χ1) is 18.9. The number of para-hydroxylation sites is 1. The molecule has 208 valence electrons. The second-order valence-electron chi connectivity index (χ2n) is 9.23. The van der Waals surface area contributed by atoms with Gasteiger partial charge in [0.2, 0.25) is 11.8 Å². The van der Waals surface area contributed by atoms with Gasteiger partial charge in [-0.1, -0.05) is 26.0 Å². The quantitative estimate of drug-likeness (QED) is 0.244. The topological polar surface area (TPSA) is 106 Å². The van der Waals surface area contributed by atoms with Crippen molar-refractivity contribution in [3.8, 4) is 11.6 Å². The number of fused-ring (bicyclic) bond motifs is 1. The number of nitrogens with zero attached hydrogens (tertiary/aromatic N) is 3. The predicted octanol–water partition coefficient (Wildman–Crippen LogP) is 6.39. The van der Waals surface area contributed by atoms with E-state index in [1.807, 2.05) is 0 Å². The molecule has 2 aromatic carbocycles. The largest absolute Gasteiger partial charge is 0.438 e. The van der Waals surface area contributed by atoms with Crippen LogP contribution in [0.5, 0.6) is 11.6 Å². The van der Waals surface area contributed by atoms with E-state index in [2.05, 4.69) is 25.6 Å². The van der Waals surface area contributed by atoms with Crippen molar-refractivity contribution < 1.29 is 31.9 Å². The lowest BCUT2D eigenvalue weighted by atomic mass is 10.1. The Labute approximate surface area is 226 Å². The molecule has 0 aliphatic heterocycles. The van der Waals surface area contributed by atoms with Crippen molar-refractivity contribution in [3.05, 3.63) is 83.4 Å². The molecule has 0 bridgehead atoms. The molecule has 12 heteroatoms. The summed E-state index contributed by atoms with van der Waals surface area (Å²) >= 11 is 0. The molecular weight excluding hydrogens is 530 g/mol. The van der Waals surface area contributed by atoms with Crippen LogP contribution in [-0.4, -0.2) is 26.8 Å². The molecule has 0 saturated carbocycles. The zero-order chi connectivity index (χ0) is 29.0. The second kappa shape index (κ2) is 11.6. The van der Waals surface area contributed by atoms with E-state index in [4.69, 9.17) is 4.74 Å². The first kappa shape index (κ1) is 28.4. The van der Waals surface area contributed by atoms with Crippen LogP contribution in [-0.2, 0) is 17.5 Å². The Bertz CT molecular complexity index is 1560. The van der Waals surface area contributed by atoms with Crippen LogP contribution < -0.4 is 15.4 Å². The van der Waals surface area contributed by atoms with Gasteiger partial charge in [-0.15, -0.1) is 0 Å². The molecule has 0 saturated heterocycles. The highest BCUT2D eigenvalue weighted by Gasteiger charge is 2.30. The minimum atomic E-state index is -4.55. The molecule has 1 atom stereocenters. The number of rotatable bonds is 8. The molecular formula is C28H25F4N5O3. The molecule has 2 amide bonds. The maximum absolute atomic E-state index is 14.3. The monoisotopic (exact) mass is 555 g/mol. The molecule has 4 aromatic rings. The first-order valence-corrected chi connectivity index (χ1v) is 12.2. The normalized spacial score (nSPS) is 12.3. The van der Waals surface area contributed by atoms with Crippen molar-refractivity contribution in [1.29, 1.82) is 0 Å². The number of carbonyl (C=O) groups is 2. The van der Waals surface area contributed by atoms with Crippen molar-refractivity contribution in [2.24, 2.45) is 5.92 Å². The van der Waals surface area contributed by atoms with Gasteiger partial charge >= 0.3 is 6.18 Å². The molecule has 2 N–H and O–H groups in total. The standard InChI is InChI=1S/C28H25F4N5O3/c1-15(2)25(38)34-13-17-10-21(23(16(3)29)33-12-17)26(39)37-22-9-5-8-20-24(22)35-14-36-27(20)40-19-7-4-6-18(11-19)28(30,31)32/h4-12,14-16H,13H2,1-3H3,(H,34,38)(H,37,39). The van der Waals surface area contributed by atoms with Crippen molar-refractivity contribution in [2.45, 2.75) is 39.7 Å². The van der Waals surface area contributed by atoms with Crippen LogP contribution in [0.25, 0.3) is 10.9 Å². The first-order valence-electron chi connectivity index (χ1n) is 12.2. The lowest BCUT2D eigenvalue weighted by Crippen LogP contribution is -2.27. The summed E-state index contributed by atoms with van der Waals surface area (Å²) in [6, 6.07) is 10.5. The molecule has 2 aromatic heterocycles. The molecule has 8 nitrogen and oxygen atoms in total. The lowest BCUT2D eigenvalue weighted by Gasteiger charge is -2.15. The van der Waals surface area contributed by atoms with Gasteiger partial charge < -0.3 is 15.4 Å². The van der Waals surface area contributed by atoms with Crippen molar-refractivity contribution in [3.63, 3.8) is 0 Å². The third-order valence-corrected chi connectivity index (χ3v) is 5.84. The zero-order valence-electron chi connectivity index (χ0n) is 21.7. The fourth-order valence-corrected chi connectivity index (χ4v) is 3.79. The number of halogens is 4. The number of ether oxygens (including phenoxy) is 1. The predicted molar refractivity (Wildman–Crippen MR) is 139 cm³/mol. The molecule has 0 fully saturated rings. The van der Waals surface area contributed by atoms with Crippen LogP contribution in [0.4, 0.5) is 23.2 Å². The number of anilines is 1. The Morgan fingerprint density at radius 3 is 2.45 bits per heavy atom. The Hall–Kier alpha value is -4.61. The minimum Gasteiger partial charge on any atom is -0.438 e. The second-order valence-corrected chi connectivity index (χ2v) is 9.23. The summed E-state index contributed by atoms with van der Waals surface area (Å²) < 4.78 is 59.3. The van der Waals surface area contributed by atoms with Crippen LogP contribution in [0.2, 0.25) is 0 Å². The van der Waals surface area contributed by atoms with Gasteiger partial charge in [0.15, 0.2) is 0 Å². The Balaban J connectivity index is 1.63. The fraction of sp³-hybridized carbons (Fsp3) is 0.250. The number of benzene rings is 2. The van der Waals surface area contributed by atoms with Gasteiger partial charge in [0, 0.05) is 18.7 Å². The number of nitrogens with one attached hydrogen (secondary N) is 2. The summed E-state index contributed by atoms with van der Waals surface area (Å²) in [6.07, 6.45) is -3.56. The number of aromatic nitrogens is 3. The van der Waals surface area contributed by atoms with Crippen LogP contribution >= 0.6 is 0 Å². The maximum atomic E-state index is 14.3. The summed E-state index contributed by atoms with van der Waals surface area (Å²) in [4.78, 5) is 37.6. The third kappa shape index (κ3) is 6.50. The molecule has 1 unspecified atom stereocenters. The third-order valence-electron chi connectivity index (χ3n) is 5.84. The van der Waals surface area contributed by atoms with Gasteiger partial charge in [0.25, 0.3) is 5.91 Å². The molecule has 4 rings (SSSR count). The average molecular weight is 556 g/mol. The summed E-state index contributed by atoms with van der Waals surface area (Å²) in [5.74, 6) is -1.21. The van der Waals surface area contributed by atoms with Crippen LogP contribution in [0.1, 0.15) is 54.1 Å². The molecule has 0 aliphatic rings. The minimum absolute atomic E-state index is 0.0250. The van der Waals surface area contributed by atoms with E-state index in [-0.39, 0.29) is 52.5 Å². The van der Waals surface area contributed by atoms with Gasteiger partial charge in [-0.3, -0.25) is 14.6 Å². The Morgan fingerprint density at radius 2 is 1.75 bits per heavy atom. The lowest BCUT2D eigenvalue weighted by molar-refractivity contribution is -0.137. The number of carbonyl (C=O) groups excluding carboxylic acids is 2. The van der Waals surface area contributed by atoms with Crippen molar-refractivity contribution >= 4 is 28.4 Å². The zero-order valence-corrected chi connectivity index (χ0v) is 21.7. The Kier molecular flexibility index (Phi) is 8.26. The smallest absolute Gasteiger partial charge is 0.416 e. The van der Waals surface area contributed by atoms with E-state index < -0.39 is 23.8 Å². The van der Waals surface area contributed by atoms with Gasteiger partial charge in [-0.2, -0.15) is 13.2 Å². The highest BCUT2D eigenvalue weighted by atomic mass is 19.4. The van der Waals surface area contributed by atoms with E-state index in [1.165, 1.54) is 31.3 Å². The SMILES string of the molecule is CC(C)C(=O)NCc1cnc(C(C)F)c(C(=O)Nc2cccc3c(Oc4cccc(C(F)(F)F)c4)ncnc23)c1. The van der Waals surface area contributed by atoms with Crippen molar-refractivity contribution in [2.75, 3.05) is 5.32 Å². The van der Waals surface area contributed by atoms with E-state index in [9.17, 15) is 27.2 Å². The number of pyridine rings is 1. The van der Waals surface area contributed by atoms with E-state index in [0.717, 1.165) is 18.5 Å². The number of hydrogen-bond acceptors (Lipinski definition) is 6. The van der Waals surface area contributed by atoms with E-state index in [0.29, 0.717) is 10.9 Å². The summed E-state index contributed by atoms with van der Waals surface area (Å²) in [5.41, 5.74) is -0.0159. The van der Waals surface area contributed by atoms with E-state index >= 15 is 0 Å². The van der Waals surface area contributed by atoms with Crippen LogP contribution in [0, 0.1) is 5.92 Å². The van der Waals surface area contributed by atoms with Gasteiger partial charge in [0.05, 0.1) is 27.9 Å². The summed E-state index contributed by atoms with van der Waals surface area (Å²) in [6.45, 7) is 4.83. The average Bonchev–Trinajstić information content (AvgIpc) is 2.91. The highest BCUT2D eigenvalue weighted by Crippen LogP contribution is 2.35. The molecule has 2 heterocycles. The number of alkyl halides is 4. The molecule has 0 aliphatic carbocycles. The van der Waals surface area contributed by atoms with Gasteiger partial charge in [-0.05, 0) is 48.9 Å². The van der Waals surface area contributed by atoms with Crippen LogP contribution in [0.3, 0.4) is 0 Å². The maximum Gasteiger partial charge on any atom is 0.416 e. The highest BCUT2D eigenvalue weighted by molar-refractivity contribution is 6.09. The number of amides is 2. The fourth-order valence-electron chi connectivity index (χ4n) is 3.79.